The summed E-state index contributed by atoms with van der Waals surface area (Å²) in [5, 5.41) is 1.00. The molecule has 0 radical (unpaired) electrons. The Balaban J connectivity index is 1.69. The lowest BCUT2D eigenvalue weighted by atomic mass is 10.1. The molecule has 7 nitrogen and oxygen atoms in total. The Labute approximate surface area is 232 Å². The quantitative estimate of drug-likeness (QED) is 0.151. The maximum atomic E-state index is 13.9. The van der Waals surface area contributed by atoms with Crippen LogP contribution in [0.1, 0.15) is 41.1 Å². The summed E-state index contributed by atoms with van der Waals surface area (Å²) in [6.07, 6.45) is 0. The van der Waals surface area contributed by atoms with Crippen LogP contribution in [0.25, 0.3) is 11.0 Å². The van der Waals surface area contributed by atoms with Crippen LogP contribution in [0.15, 0.2) is 76.0 Å². The van der Waals surface area contributed by atoms with Gasteiger partial charge >= 0.3 is 5.97 Å². The third-order valence-corrected chi connectivity index (χ3v) is 8.45. The number of anilines is 1. The van der Waals surface area contributed by atoms with Gasteiger partial charge in [0.05, 0.1) is 17.2 Å². The average molecular weight is 576 g/mol. The summed E-state index contributed by atoms with van der Waals surface area (Å²) in [7, 11) is -3.99. The lowest BCUT2D eigenvalue weighted by Gasteiger charge is -2.27. The van der Waals surface area contributed by atoms with Gasteiger partial charge in [-0.1, -0.05) is 41.9 Å². The minimum atomic E-state index is -3.99. The van der Waals surface area contributed by atoms with E-state index in [1.54, 1.807) is 49.5 Å². The topological polar surface area (TPSA) is 80.1 Å². The van der Waals surface area contributed by atoms with Crippen LogP contribution in [0.4, 0.5) is 5.69 Å². The third-order valence-electron chi connectivity index (χ3n) is 6.09. The molecule has 0 saturated heterocycles. The van der Waals surface area contributed by atoms with Crippen LogP contribution in [0.3, 0.4) is 0 Å². The first-order valence-electron chi connectivity index (χ1n) is 12.1. The van der Waals surface area contributed by atoms with Crippen LogP contribution in [-0.4, -0.2) is 32.0 Å². The highest BCUT2D eigenvalue weighted by Gasteiger charge is 2.28. The molecule has 1 aromatic heterocycles. The van der Waals surface area contributed by atoms with Crippen molar-refractivity contribution < 1.29 is 22.4 Å². The summed E-state index contributed by atoms with van der Waals surface area (Å²) in [4.78, 5) is 12.3. The minimum Gasteiger partial charge on any atom is -0.460 e. The van der Waals surface area contributed by atoms with E-state index in [-0.39, 0.29) is 30.4 Å². The maximum absolute atomic E-state index is 13.9. The van der Waals surface area contributed by atoms with Gasteiger partial charge in [-0.15, -0.1) is 0 Å². The van der Waals surface area contributed by atoms with Gasteiger partial charge in [0.2, 0.25) is 5.76 Å². The molecule has 10 heteroatoms. The Hall–Kier alpha value is -3.04. The van der Waals surface area contributed by atoms with Crippen molar-refractivity contribution in [2.45, 2.75) is 38.8 Å². The summed E-state index contributed by atoms with van der Waals surface area (Å²) in [5.41, 5.74) is 3.09. The molecule has 4 aromatic rings. The molecule has 3 aromatic carbocycles. The number of carbonyl (C=O) groups excluding carboxylic acids is 1. The van der Waals surface area contributed by atoms with Crippen LogP contribution in [0, 0.1) is 6.92 Å². The van der Waals surface area contributed by atoms with Crippen molar-refractivity contribution in [2.24, 2.45) is 0 Å². The zero-order valence-electron chi connectivity index (χ0n) is 21.3. The van der Waals surface area contributed by atoms with E-state index in [1.807, 2.05) is 30.3 Å². The van der Waals surface area contributed by atoms with Crippen LogP contribution in [0.5, 0.6) is 0 Å². The van der Waals surface area contributed by atoms with Crippen molar-refractivity contribution in [3.63, 3.8) is 0 Å². The summed E-state index contributed by atoms with van der Waals surface area (Å²) in [6, 6.07) is 19.4. The summed E-state index contributed by atoms with van der Waals surface area (Å²) in [5.74, 6) is -0.530. The number of rotatable bonds is 10. The van der Waals surface area contributed by atoms with Crippen molar-refractivity contribution in [1.29, 1.82) is 0 Å². The molecule has 0 N–H and O–H groups in total. The summed E-state index contributed by atoms with van der Waals surface area (Å²) < 4.78 is 41.4. The first-order chi connectivity index (χ1) is 18.1. The zero-order chi connectivity index (χ0) is 27.4. The van der Waals surface area contributed by atoms with Gasteiger partial charge in [-0.25, -0.2) is 17.6 Å². The second-order valence-corrected chi connectivity index (χ2v) is 11.4. The Morgan fingerprint density at radius 2 is 1.74 bits per heavy atom. The molecule has 0 aliphatic carbocycles. The smallest absolute Gasteiger partial charge is 0.374 e. The van der Waals surface area contributed by atoms with Crippen molar-refractivity contribution in [3.05, 3.63) is 94.2 Å². The number of sulfonamides is 1. The molecular weight excluding hydrogens is 547 g/mol. The Kier molecular flexibility index (Phi) is 8.67. The molecule has 0 atom stereocenters. The van der Waals surface area contributed by atoms with Crippen LogP contribution in [0.2, 0.25) is 5.02 Å². The number of ether oxygens (including phenoxy) is 1. The molecule has 200 valence electrons. The molecule has 0 fully saturated rings. The normalized spacial score (nSPS) is 11.7. The molecular formula is C28H28Cl2N2O5S. The van der Waals surface area contributed by atoms with Crippen molar-refractivity contribution >= 4 is 56.0 Å². The predicted molar refractivity (Wildman–Crippen MR) is 150 cm³/mol. The van der Waals surface area contributed by atoms with Gasteiger partial charge < -0.3 is 9.15 Å². The fourth-order valence-corrected chi connectivity index (χ4v) is 6.29. The highest BCUT2D eigenvalue weighted by atomic mass is 35.5. The van der Waals surface area contributed by atoms with Gasteiger partial charge in [-0.3, -0.25) is 4.31 Å². The highest BCUT2D eigenvalue weighted by Crippen LogP contribution is 2.33. The minimum absolute atomic E-state index is 0.0596. The molecule has 0 bridgehead atoms. The van der Waals surface area contributed by atoms with E-state index in [0.29, 0.717) is 39.4 Å². The standard InChI is InChI=1S/C28H28Cl2N2O5S/c1-4-32(25-13-11-22(29)15-21(25)18-31(30)17-20-9-7-6-8-10-20)38(34,35)23-12-14-26-24(16-23)19(3)27(37-26)28(33)36-5-2/h6-16H,4-5,17-18H2,1-3H3. The van der Waals surface area contributed by atoms with Gasteiger partial charge in [0, 0.05) is 35.6 Å². The number of hydrogen-bond donors (Lipinski definition) is 0. The highest BCUT2D eigenvalue weighted by molar-refractivity contribution is 7.92. The fraction of sp³-hybridized carbons (Fsp3) is 0.250. The first-order valence-corrected chi connectivity index (χ1v) is 14.3. The first kappa shape index (κ1) is 28.0. The third kappa shape index (κ3) is 5.83. The van der Waals surface area contributed by atoms with Gasteiger partial charge in [0.15, 0.2) is 0 Å². The summed E-state index contributed by atoms with van der Waals surface area (Å²) >= 11 is 12.9. The number of furan rings is 1. The van der Waals surface area contributed by atoms with E-state index in [4.69, 9.17) is 32.5 Å². The van der Waals surface area contributed by atoms with Crippen LogP contribution in [-0.2, 0) is 27.8 Å². The van der Waals surface area contributed by atoms with E-state index in [1.165, 1.54) is 16.4 Å². The number of fused-ring (bicyclic) bond motifs is 1. The zero-order valence-corrected chi connectivity index (χ0v) is 23.6. The number of aryl methyl sites for hydroxylation is 1. The maximum Gasteiger partial charge on any atom is 0.374 e. The van der Waals surface area contributed by atoms with E-state index < -0.39 is 16.0 Å². The van der Waals surface area contributed by atoms with Crippen molar-refractivity contribution in [1.82, 2.24) is 4.42 Å². The molecule has 4 rings (SSSR count). The fourth-order valence-electron chi connectivity index (χ4n) is 4.30. The van der Waals surface area contributed by atoms with E-state index in [2.05, 4.69) is 0 Å². The van der Waals surface area contributed by atoms with Crippen molar-refractivity contribution in [3.8, 4) is 0 Å². The Bertz CT molecular complexity index is 1550. The van der Waals surface area contributed by atoms with Gasteiger partial charge in [0.1, 0.15) is 5.58 Å². The SMILES string of the molecule is CCOC(=O)c1oc2ccc(S(=O)(=O)N(CC)c3ccc(Cl)cc3CN(Cl)Cc3ccccc3)cc2c1C. The van der Waals surface area contributed by atoms with Gasteiger partial charge in [-0.2, -0.15) is 0 Å². The van der Waals surface area contributed by atoms with E-state index >= 15 is 0 Å². The average Bonchev–Trinajstić information content (AvgIpc) is 3.22. The molecule has 38 heavy (non-hydrogen) atoms. The number of halogens is 2. The monoisotopic (exact) mass is 574 g/mol. The molecule has 0 saturated carbocycles. The lowest BCUT2D eigenvalue weighted by molar-refractivity contribution is 0.0491. The molecule has 0 amide bonds. The molecule has 0 unspecified atom stereocenters. The Morgan fingerprint density at radius 1 is 1.00 bits per heavy atom. The summed E-state index contributed by atoms with van der Waals surface area (Å²) in [6.45, 7) is 6.27. The molecule has 1 heterocycles. The Morgan fingerprint density at radius 3 is 2.42 bits per heavy atom. The number of esters is 1. The van der Waals surface area contributed by atoms with Crippen LogP contribution < -0.4 is 4.31 Å². The molecule has 0 aliphatic rings. The van der Waals surface area contributed by atoms with Crippen molar-refractivity contribution in [2.75, 3.05) is 17.5 Å². The van der Waals surface area contributed by atoms with Gasteiger partial charge in [0.25, 0.3) is 10.0 Å². The number of carbonyl (C=O) groups is 1. The number of hydrogen-bond acceptors (Lipinski definition) is 6. The number of benzene rings is 3. The van der Waals surface area contributed by atoms with Gasteiger partial charge in [-0.05, 0) is 80.1 Å². The number of nitrogens with zero attached hydrogens (tertiary/aromatic N) is 2. The van der Waals surface area contributed by atoms with E-state index in [0.717, 1.165) is 5.56 Å². The second kappa shape index (κ2) is 11.8. The molecule has 0 spiro atoms. The van der Waals surface area contributed by atoms with E-state index in [9.17, 15) is 13.2 Å². The predicted octanol–water partition coefficient (Wildman–Crippen LogP) is 6.94. The molecule has 0 aliphatic heterocycles. The second-order valence-electron chi connectivity index (χ2n) is 8.64. The van der Waals surface area contributed by atoms with Crippen LogP contribution >= 0.6 is 23.4 Å². The lowest BCUT2D eigenvalue weighted by Crippen LogP contribution is -2.32. The largest absolute Gasteiger partial charge is 0.460 e.